The first kappa shape index (κ1) is 61.8. The number of carbonyl (C=O) groups is 7. The van der Waals surface area contributed by atoms with Crippen molar-refractivity contribution in [2.24, 2.45) is 5.73 Å². The number of benzene rings is 6. The van der Waals surface area contributed by atoms with Crippen molar-refractivity contribution in [3.8, 4) is 0 Å². The summed E-state index contributed by atoms with van der Waals surface area (Å²) >= 11 is 0. The van der Waals surface area contributed by atoms with Gasteiger partial charge in [0.25, 0.3) is 0 Å². The smallest absolute Gasteiger partial charge is 0.408 e. The summed E-state index contributed by atoms with van der Waals surface area (Å²) in [6.07, 6.45) is 3.65. The van der Waals surface area contributed by atoms with E-state index in [1.807, 2.05) is 84.9 Å². The van der Waals surface area contributed by atoms with Gasteiger partial charge in [-0.25, -0.2) is 13.6 Å². The molecule has 0 aromatic heterocycles. The van der Waals surface area contributed by atoms with E-state index in [1.54, 1.807) is 57.0 Å². The van der Waals surface area contributed by atoms with Crippen molar-refractivity contribution in [2.75, 3.05) is 40.3 Å². The summed E-state index contributed by atoms with van der Waals surface area (Å²) in [4.78, 5) is 100. The number of hydrogen-bond acceptors (Lipinski definition) is 9. The lowest BCUT2D eigenvalue weighted by Crippen LogP contribution is -2.65. The zero-order chi connectivity index (χ0) is 60.0. The lowest BCUT2D eigenvalue weighted by atomic mass is 9.97. The maximum Gasteiger partial charge on any atom is 0.408 e. The van der Waals surface area contributed by atoms with Crippen molar-refractivity contribution >= 4 is 63.1 Å². The number of carbonyl (C=O) groups excluding carboxylic acids is 7. The van der Waals surface area contributed by atoms with Gasteiger partial charge in [-0.15, -0.1) is 13.2 Å². The summed E-state index contributed by atoms with van der Waals surface area (Å²) in [5, 5.41) is 12.3. The SMILES string of the molecule is C=CC[C@H]1C(=O)N([C@@H](Cc2ccc3ccccc3c2)C(=O)NC)CCN1C(=O)[C@@H](Cc1ccc(F)cc1)NC(=O)OC(C)(C)C.C=CC[C@H]1C(=O)N([C@@H](Cc2ccc3ccccc3c2)C(=O)NC)CCN1C(=O)[C@H](N)Cc1ccc(F)cc1. The number of halogens is 2. The second-order valence-corrected chi connectivity index (χ2v) is 21.7. The molecule has 5 N–H and O–H groups in total. The maximum absolute atomic E-state index is 14.1. The summed E-state index contributed by atoms with van der Waals surface area (Å²) in [5.74, 6) is -2.92. The Hall–Kier alpha value is -8.77. The predicted molar refractivity (Wildman–Crippen MR) is 316 cm³/mol. The Balaban J connectivity index is 0.000000242. The van der Waals surface area contributed by atoms with Gasteiger partial charge in [0.05, 0.1) is 6.04 Å². The van der Waals surface area contributed by atoms with Crippen LogP contribution in [0.4, 0.5) is 13.6 Å². The summed E-state index contributed by atoms with van der Waals surface area (Å²) in [5.41, 5.74) is 8.61. The predicted octanol–water partition coefficient (Wildman–Crippen LogP) is 7.21. The molecule has 2 fully saturated rings. The number of hydrogen-bond donors (Lipinski definition) is 4. The fraction of sp³-hybridized carbons (Fsp3) is 0.338. The summed E-state index contributed by atoms with van der Waals surface area (Å²) in [6, 6.07) is 34.0. The highest BCUT2D eigenvalue weighted by molar-refractivity contribution is 5.96. The molecule has 0 aliphatic carbocycles. The van der Waals surface area contributed by atoms with Crippen LogP contribution >= 0.6 is 0 Å². The number of fused-ring (bicyclic) bond motifs is 2. The Labute approximate surface area is 483 Å². The van der Waals surface area contributed by atoms with Gasteiger partial charge in [0.15, 0.2) is 0 Å². The van der Waals surface area contributed by atoms with E-state index in [2.05, 4.69) is 29.1 Å². The normalized spacial score (nSPS) is 16.9. The van der Waals surface area contributed by atoms with Crippen LogP contribution < -0.4 is 21.7 Å². The number of nitrogens with two attached hydrogens (primary N) is 1. The molecule has 7 amide bonds. The molecule has 2 saturated heterocycles. The molecule has 0 bridgehead atoms. The number of amides is 7. The number of alkyl carbamates (subject to hydrolysis) is 1. The fourth-order valence-corrected chi connectivity index (χ4v) is 10.6. The number of nitrogens with zero attached hydrogens (tertiary/aromatic N) is 4. The Morgan fingerprint density at radius 2 is 0.976 bits per heavy atom. The average Bonchev–Trinajstić information content (AvgIpc) is 3.68. The van der Waals surface area contributed by atoms with Gasteiger partial charge in [-0.3, -0.25) is 28.8 Å². The summed E-state index contributed by atoms with van der Waals surface area (Å²) < 4.78 is 32.3. The van der Waals surface area contributed by atoms with Crippen molar-refractivity contribution in [2.45, 2.75) is 101 Å². The minimum absolute atomic E-state index is 0.0520. The Bertz CT molecular complexity index is 3310. The van der Waals surface area contributed by atoms with Crippen molar-refractivity contribution in [3.63, 3.8) is 0 Å². The van der Waals surface area contributed by atoms with E-state index in [0.29, 0.717) is 18.4 Å². The molecule has 83 heavy (non-hydrogen) atoms. The van der Waals surface area contributed by atoms with E-state index in [0.717, 1.165) is 38.2 Å². The Kier molecular flexibility index (Phi) is 21.1. The second-order valence-electron chi connectivity index (χ2n) is 21.7. The molecule has 6 atom stereocenters. The quantitative estimate of drug-likeness (QED) is 0.0605. The van der Waals surface area contributed by atoms with E-state index < -0.39 is 59.7 Å². The third-order valence-corrected chi connectivity index (χ3v) is 14.8. The first-order valence-electron chi connectivity index (χ1n) is 27.8. The molecule has 0 unspecified atom stereocenters. The molecular weight excluding hydrogens is 1060 g/mol. The molecule has 0 radical (unpaired) electrons. The summed E-state index contributed by atoms with van der Waals surface area (Å²) in [7, 11) is 3.08. The monoisotopic (exact) mass is 1130 g/mol. The lowest BCUT2D eigenvalue weighted by Gasteiger charge is -2.44. The molecule has 16 nitrogen and oxygen atoms in total. The molecule has 2 aliphatic heterocycles. The molecule has 0 spiro atoms. The van der Waals surface area contributed by atoms with Crippen LogP contribution in [0.1, 0.15) is 55.9 Å². The van der Waals surface area contributed by atoms with Crippen LogP contribution in [-0.4, -0.2) is 143 Å². The van der Waals surface area contributed by atoms with Gasteiger partial charge in [0.2, 0.25) is 35.4 Å². The molecule has 0 saturated carbocycles. The zero-order valence-corrected chi connectivity index (χ0v) is 47.7. The van der Waals surface area contributed by atoms with E-state index in [1.165, 1.54) is 58.1 Å². The first-order chi connectivity index (χ1) is 39.7. The number of likely N-dealkylation sites (N-methyl/N-ethyl adjacent to an activating group) is 2. The van der Waals surface area contributed by atoms with E-state index in [-0.39, 0.29) is 87.2 Å². The lowest BCUT2D eigenvalue weighted by molar-refractivity contribution is -0.156. The number of nitrogens with one attached hydrogen (secondary N) is 3. The van der Waals surface area contributed by atoms with E-state index >= 15 is 0 Å². The topological polar surface area (TPSA) is 204 Å². The first-order valence-corrected chi connectivity index (χ1v) is 27.8. The van der Waals surface area contributed by atoms with Crippen LogP contribution in [0.25, 0.3) is 21.5 Å². The van der Waals surface area contributed by atoms with Crippen LogP contribution in [0.3, 0.4) is 0 Å². The third kappa shape index (κ3) is 16.0. The van der Waals surface area contributed by atoms with Crippen molar-refractivity contribution in [3.05, 3.63) is 193 Å². The van der Waals surface area contributed by atoms with Crippen LogP contribution in [0.5, 0.6) is 0 Å². The highest BCUT2D eigenvalue weighted by Crippen LogP contribution is 2.26. The fourth-order valence-electron chi connectivity index (χ4n) is 10.6. The molecular formula is C65H74F2N8O8. The van der Waals surface area contributed by atoms with E-state index in [4.69, 9.17) is 10.5 Å². The van der Waals surface area contributed by atoms with Gasteiger partial charge in [0, 0.05) is 59.5 Å². The molecule has 6 aromatic rings. The van der Waals surface area contributed by atoms with Gasteiger partial charge in [-0.2, -0.15) is 0 Å². The van der Waals surface area contributed by atoms with Crippen molar-refractivity contribution in [1.82, 2.24) is 35.6 Å². The Morgan fingerprint density at radius 1 is 0.578 bits per heavy atom. The molecule has 8 rings (SSSR count). The highest BCUT2D eigenvalue weighted by Gasteiger charge is 2.45. The van der Waals surface area contributed by atoms with Crippen LogP contribution in [-0.2, 0) is 59.2 Å². The standard InChI is InChI=1S/C35H41FN4O5.C30H33FN4O3/c1-6-9-29-33(43)40(30(31(41)37-5)22-24-12-15-25-10-7-8-11-26(25)20-24)19-18-39(29)32(42)28(38-34(44)45-35(2,3)4)21-23-13-16-27(36)17-14-23;1-3-6-26-30(38)35(16-15-34(26)29(37)25(32)18-20-10-13-24(31)14-11-20)27(28(36)33-2)19-21-9-12-22-7-4-5-8-23(22)17-21/h6-8,10-17,20,28-30H,1,9,18-19,21-22H2,2-5H3,(H,37,41)(H,38,44);3-5,7-14,17,25-27H,1,6,15-16,18-19,32H2,2H3,(H,33,36)/t28-,29+,30+;25-,26+,27+/m11/s1. The van der Waals surface area contributed by atoms with Gasteiger partial charge in [0.1, 0.15) is 47.4 Å². The Morgan fingerprint density at radius 3 is 1.39 bits per heavy atom. The van der Waals surface area contributed by atoms with Gasteiger partial charge in [-0.05, 0) is 108 Å². The number of ether oxygens (including phenoxy) is 1. The number of rotatable bonds is 19. The van der Waals surface area contributed by atoms with E-state index in [9.17, 15) is 42.3 Å². The minimum Gasteiger partial charge on any atom is -0.444 e. The van der Waals surface area contributed by atoms with Crippen molar-refractivity contribution in [1.29, 1.82) is 0 Å². The van der Waals surface area contributed by atoms with Gasteiger partial charge < -0.3 is 46.0 Å². The van der Waals surface area contributed by atoms with Crippen LogP contribution in [0.2, 0.25) is 0 Å². The van der Waals surface area contributed by atoms with Crippen molar-refractivity contribution < 1.29 is 47.1 Å². The van der Waals surface area contributed by atoms with Crippen LogP contribution in [0, 0.1) is 11.6 Å². The molecule has 2 heterocycles. The molecule has 18 heteroatoms. The van der Waals surface area contributed by atoms with Gasteiger partial charge >= 0.3 is 6.09 Å². The summed E-state index contributed by atoms with van der Waals surface area (Å²) in [6.45, 7) is 13.4. The number of piperazine rings is 2. The highest BCUT2D eigenvalue weighted by atomic mass is 19.1. The minimum atomic E-state index is -1.09. The third-order valence-electron chi connectivity index (χ3n) is 14.8. The average molecular weight is 1130 g/mol. The largest absolute Gasteiger partial charge is 0.444 e. The molecule has 436 valence electrons. The van der Waals surface area contributed by atoms with Gasteiger partial charge in [-0.1, -0.05) is 121 Å². The molecule has 2 aliphatic rings. The second kappa shape index (κ2) is 28.3. The maximum atomic E-state index is 14.1. The van der Waals surface area contributed by atoms with Crippen LogP contribution in [0.15, 0.2) is 159 Å². The zero-order valence-electron chi connectivity index (χ0n) is 47.7. The molecule has 6 aromatic carbocycles.